The van der Waals surface area contributed by atoms with Gasteiger partial charge in [0.2, 0.25) is 5.91 Å². The second-order valence-electron chi connectivity index (χ2n) is 6.77. The fourth-order valence-corrected chi connectivity index (χ4v) is 2.36. The minimum absolute atomic E-state index is 0.0896. The third-order valence-corrected chi connectivity index (χ3v) is 3.88. The SMILES string of the molecule is CCC(C)(C)NC(=O)CNC1CCC(C)(C)C1. The van der Waals surface area contributed by atoms with Gasteiger partial charge in [0.1, 0.15) is 0 Å². The van der Waals surface area contributed by atoms with Crippen LogP contribution >= 0.6 is 0 Å². The molecule has 17 heavy (non-hydrogen) atoms. The van der Waals surface area contributed by atoms with Gasteiger partial charge in [0.25, 0.3) is 0 Å². The first-order valence-electron chi connectivity index (χ1n) is 6.78. The van der Waals surface area contributed by atoms with Crippen LogP contribution in [0.5, 0.6) is 0 Å². The van der Waals surface area contributed by atoms with E-state index in [0.29, 0.717) is 18.0 Å². The minimum Gasteiger partial charge on any atom is -0.350 e. The summed E-state index contributed by atoms with van der Waals surface area (Å²) in [6.45, 7) is 11.3. The van der Waals surface area contributed by atoms with E-state index < -0.39 is 0 Å². The highest BCUT2D eigenvalue weighted by atomic mass is 16.2. The van der Waals surface area contributed by atoms with E-state index in [1.54, 1.807) is 0 Å². The van der Waals surface area contributed by atoms with Gasteiger partial charge in [0.15, 0.2) is 0 Å². The summed E-state index contributed by atoms with van der Waals surface area (Å²) in [4.78, 5) is 11.8. The molecule has 0 aromatic carbocycles. The Morgan fingerprint density at radius 2 is 2.06 bits per heavy atom. The van der Waals surface area contributed by atoms with Crippen LogP contribution < -0.4 is 10.6 Å². The molecule has 0 aromatic heterocycles. The van der Waals surface area contributed by atoms with Crippen molar-refractivity contribution in [2.24, 2.45) is 5.41 Å². The normalized spacial score (nSPS) is 23.7. The number of rotatable bonds is 5. The Bertz CT molecular complexity index is 271. The fraction of sp³-hybridized carbons (Fsp3) is 0.929. The highest BCUT2D eigenvalue weighted by Gasteiger charge is 2.30. The average Bonchev–Trinajstić information content (AvgIpc) is 2.55. The van der Waals surface area contributed by atoms with E-state index in [1.165, 1.54) is 19.3 Å². The summed E-state index contributed by atoms with van der Waals surface area (Å²) < 4.78 is 0. The molecule has 100 valence electrons. The number of carbonyl (C=O) groups is 1. The molecule has 1 unspecified atom stereocenters. The first-order valence-corrected chi connectivity index (χ1v) is 6.78. The van der Waals surface area contributed by atoms with E-state index in [0.717, 1.165) is 6.42 Å². The maximum atomic E-state index is 11.8. The van der Waals surface area contributed by atoms with Gasteiger partial charge in [-0.05, 0) is 44.9 Å². The van der Waals surface area contributed by atoms with Crippen molar-refractivity contribution in [2.75, 3.05) is 6.54 Å². The molecule has 1 amide bonds. The van der Waals surface area contributed by atoms with Crippen LogP contribution in [-0.2, 0) is 4.79 Å². The highest BCUT2D eigenvalue weighted by molar-refractivity contribution is 5.78. The lowest BCUT2D eigenvalue weighted by Crippen LogP contribution is -2.47. The maximum absolute atomic E-state index is 11.8. The quantitative estimate of drug-likeness (QED) is 0.775. The van der Waals surface area contributed by atoms with Crippen molar-refractivity contribution >= 4 is 5.91 Å². The number of hydrogen-bond acceptors (Lipinski definition) is 2. The molecule has 1 aliphatic carbocycles. The predicted octanol–water partition coefficient (Wildman–Crippen LogP) is 2.46. The molecule has 1 atom stereocenters. The second kappa shape index (κ2) is 5.38. The Labute approximate surface area is 106 Å². The molecule has 0 radical (unpaired) electrons. The van der Waals surface area contributed by atoms with Gasteiger partial charge in [-0.2, -0.15) is 0 Å². The Kier molecular flexibility index (Phi) is 4.59. The van der Waals surface area contributed by atoms with Crippen LogP contribution in [0.4, 0.5) is 0 Å². The summed E-state index contributed by atoms with van der Waals surface area (Å²) in [7, 11) is 0. The standard InChI is InChI=1S/C14H28N2O/c1-6-14(4,5)16-12(17)10-15-11-7-8-13(2,3)9-11/h11,15H,6-10H2,1-5H3,(H,16,17). The molecular formula is C14H28N2O. The monoisotopic (exact) mass is 240 g/mol. The Hall–Kier alpha value is -0.570. The molecule has 1 aliphatic rings. The van der Waals surface area contributed by atoms with Crippen molar-refractivity contribution in [3.8, 4) is 0 Å². The zero-order chi connectivity index (χ0) is 13.1. The van der Waals surface area contributed by atoms with Crippen LogP contribution in [0.25, 0.3) is 0 Å². The van der Waals surface area contributed by atoms with Gasteiger partial charge < -0.3 is 10.6 Å². The highest BCUT2D eigenvalue weighted by Crippen LogP contribution is 2.36. The van der Waals surface area contributed by atoms with E-state index >= 15 is 0 Å². The van der Waals surface area contributed by atoms with E-state index in [1.807, 2.05) is 0 Å². The summed E-state index contributed by atoms with van der Waals surface area (Å²) in [5.74, 6) is 0.113. The fourth-order valence-electron chi connectivity index (χ4n) is 2.36. The predicted molar refractivity (Wildman–Crippen MR) is 71.9 cm³/mol. The third kappa shape index (κ3) is 5.07. The van der Waals surface area contributed by atoms with Gasteiger partial charge in [-0.1, -0.05) is 20.8 Å². The van der Waals surface area contributed by atoms with Gasteiger partial charge in [-0.3, -0.25) is 4.79 Å². The molecule has 3 heteroatoms. The summed E-state index contributed by atoms with van der Waals surface area (Å²) in [6, 6.07) is 0.514. The molecule has 3 nitrogen and oxygen atoms in total. The molecule has 0 heterocycles. The van der Waals surface area contributed by atoms with Crippen LogP contribution in [-0.4, -0.2) is 24.0 Å². The topological polar surface area (TPSA) is 41.1 Å². The summed E-state index contributed by atoms with van der Waals surface area (Å²) in [6.07, 6.45) is 4.58. The Balaban J connectivity index is 2.25. The molecule has 0 bridgehead atoms. The van der Waals surface area contributed by atoms with Gasteiger partial charge in [0.05, 0.1) is 6.54 Å². The van der Waals surface area contributed by atoms with E-state index in [-0.39, 0.29) is 11.4 Å². The lowest BCUT2D eigenvalue weighted by molar-refractivity contribution is -0.122. The number of carbonyl (C=O) groups excluding carboxylic acids is 1. The summed E-state index contributed by atoms with van der Waals surface area (Å²) in [5, 5.41) is 6.42. The second-order valence-corrected chi connectivity index (χ2v) is 6.77. The van der Waals surface area contributed by atoms with Crippen molar-refractivity contribution in [1.82, 2.24) is 10.6 Å². The third-order valence-electron chi connectivity index (χ3n) is 3.88. The van der Waals surface area contributed by atoms with E-state index in [2.05, 4.69) is 45.3 Å². The molecule has 1 fully saturated rings. The van der Waals surface area contributed by atoms with Gasteiger partial charge in [-0.15, -0.1) is 0 Å². The van der Waals surface area contributed by atoms with Crippen molar-refractivity contribution in [2.45, 2.75) is 71.9 Å². The number of nitrogens with one attached hydrogen (secondary N) is 2. The van der Waals surface area contributed by atoms with E-state index in [9.17, 15) is 4.79 Å². The molecule has 0 spiro atoms. The van der Waals surface area contributed by atoms with Crippen molar-refractivity contribution < 1.29 is 4.79 Å². The molecule has 1 rings (SSSR count). The molecule has 0 aromatic rings. The van der Waals surface area contributed by atoms with Gasteiger partial charge in [-0.25, -0.2) is 0 Å². The van der Waals surface area contributed by atoms with Crippen LogP contribution in [0.15, 0.2) is 0 Å². The smallest absolute Gasteiger partial charge is 0.234 e. The first kappa shape index (κ1) is 14.5. The number of hydrogen-bond donors (Lipinski definition) is 2. The first-order chi connectivity index (χ1) is 7.74. The van der Waals surface area contributed by atoms with Gasteiger partial charge in [0, 0.05) is 11.6 Å². The van der Waals surface area contributed by atoms with E-state index in [4.69, 9.17) is 0 Å². The Morgan fingerprint density at radius 3 is 2.53 bits per heavy atom. The van der Waals surface area contributed by atoms with Crippen LogP contribution in [0, 0.1) is 5.41 Å². The summed E-state index contributed by atoms with van der Waals surface area (Å²) in [5.41, 5.74) is 0.352. The molecule has 0 saturated heterocycles. The van der Waals surface area contributed by atoms with Crippen molar-refractivity contribution in [3.63, 3.8) is 0 Å². The summed E-state index contributed by atoms with van der Waals surface area (Å²) >= 11 is 0. The average molecular weight is 240 g/mol. The van der Waals surface area contributed by atoms with Crippen molar-refractivity contribution in [3.05, 3.63) is 0 Å². The molecule has 0 aliphatic heterocycles. The zero-order valence-electron chi connectivity index (χ0n) is 12.0. The molecular weight excluding hydrogens is 212 g/mol. The largest absolute Gasteiger partial charge is 0.350 e. The zero-order valence-corrected chi connectivity index (χ0v) is 12.0. The van der Waals surface area contributed by atoms with Crippen LogP contribution in [0.3, 0.4) is 0 Å². The molecule has 1 saturated carbocycles. The lowest BCUT2D eigenvalue weighted by atomic mass is 9.92. The van der Waals surface area contributed by atoms with Gasteiger partial charge >= 0.3 is 0 Å². The minimum atomic E-state index is -0.0896. The Morgan fingerprint density at radius 1 is 1.41 bits per heavy atom. The van der Waals surface area contributed by atoms with Crippen LogP contribution in [0.1, 0.15) is 60.3 Å². The lowest BCUT2D eigenvalue weighted by Gasteiger charge is -2.25. The maximum Gasteiger partial charge on any atom is 0.234 e. The van der Waals surface area contributed by atoms with Crippen molar-refractivity contribution in [1.29, 1.82) is 0 Å². The molecule has 2 N–H and O–H groups in total. The van der Waals surface area contributed by atoms with Crippen LogP contribution in [0.2, 0.25) is 0 Å². The number of amides is 1.